The first-order valence-corrected chi connectivity index (χ1v) is 11.0. The summed E-state index contributed by atoms with van der Waals surface area (Å²) in [6.45, 7) is 2.27. The average molecular weight is 505 g/mol. The van der Waals surface area contributed by atoms with Crippen LogP contribution in [-0.2, 0) is 17.5 Å². The number of halogens is 3. The molecular formula is C21H18F3N7O3S. The zero-order valence-corrected chi connectivity index (χ0v) is 19.2. The number of urea groups is 1. The summed E-state index contributed by atoms with van der Waals surface area (Å²) < 4.78 is 50.1. The molecule has 35 heavy (non-hydrogen) atoms. The molecule has 182 valence electrons. The van der Waals surface area contributed by atoms with E-state index in [2.05, 4.69) is 35.8 Å². The standard InChI is InChI=1S/C21H18F3N7O3S/c1-3-26-20(32)29-16-5-13(19-28-15(10-35-19)21(22,23)24)14(8-27-16)11-4-12(7-25-6-11)18-31-30-17(34-18)9-33-2/h4-8,10H,3,9H2,1-2H3,(H2,26,27,29,32). The van der Waals surface area contributed by atoms with Crippen molar-refractivity contribution >= 4 is 23.2 Å². The lowest BCUT2D eigenvalue weighted by atomic mass is 10.0. The van der Waals surface area contributed by atoms with Gasteiger partial charge in [0.25, 0.3) is 0 Å². The highest BCUT2D eigenvalue weighted by atomic mass is 32.1. The van der Waals surface area contributed by atoms with Crippen molar-refractivity contribution in [3.8, 4) is 33.2 Å². The number of aromatic nitrogens is 5. The van der Waals surface area contributed by atoms with E-state index >= 15 is 0 Å². The van der Waals surface area contributed by atoms with E-state index in [-0.39, 0.29) is 29.2 Å². The van der Waals surface area contributed by atoms with Gasteiger partial charge < -0.3 is 14.5 Å². The summed E-state index contributed by atoms with van der Waals surface area (Å²) in [5, 5.41) is 14.0. The number of carbonyl (C=O) groups is 1. The highest BCUT2D eigenvalue weighted by molar-refractivity contribution is 7.13. The number of nitrogens with zero attached hydrogens (tertiary/aromatic N) is 5. The summed E-state index contributed by atoms with van der Waals surface area (Å²) in [4.78, 5) is 24.1. The Morgan fingerprint density at radius 2 is 1.94 bits per heavy atom. The number of carbonyl (C=O) groups excluding carboxylic acids is 1. The molecule has 0 fully saturated rings. The fraction of sp³-hybridized carbons (Fsp3) is 0.238. The fourth-order valence-electron chi connectivity index (χ4n) is 3.04. The lowest BCUT2D eigenvalue weighted by molar-refractivity contribution is -0.140. The molecule has 0 atom stereocenters. The molecule has 0 aliphatic heterocycles. The van der Waals surface area contributed by atoms with Gasteiger partial charge in [0.15, 0.2) is 5.69 Å². The molecule has 0 aliphatic rings. The van der Waals surface area contributed by atoms with Crippen molar-refractivity contribution < 1.29 is 27.1 Å². The molecule has 0 bridgehead atoms. The molecule has 0 aliphatic carbocycles. The van der Waals surface area contributed by atoms with Gasteiger partial charge in [-0.05, 0) is 19.1 Å². The minimum absolute atomic E-state index is 0.0965. The second-order valence-corrected chi connectivity index (χ2v) is 7.89. The van der Waals surface area contributed by atoms with Gasteiger partial charge in [-0.3, -0.25) is 10.3 Å². The van der Waals surface area contributed by atoms with Gasteiger partial charge in [-0.15, -0.1) is 21.5 Å². The minimum atomic E-state index is -4.59. The molecule has 2 N–H and O–H groups in total. The molecule has 4 heterocycles. The number of alkyl halides is 3. The van der Waals surface area contributed by atoms with Crippen molar-refractivity contribution in [1.29, 1.82) is 0 Å². The van der Waals surface area contributed by atoms with E-state index in [1.165, 1.54) is 31.8 Å². The zero-order chi connectivity index (χ0) is 25.0. The van der Waals surface area contributed by atoms with Gasteiger partial charge in [-0.2, -0.15) is 13.2 Å². The van der Waals surface area contributed by atoms with Crippen LogP contribution in [0.4, 0.5) is 23.8 Å². The van der Waals surface area contributed by atoms with Crippen molar-refractivity contribution in [2.75, 3.05) is 19.0 Å². The lowest BCUT2D eigenvalue weighted by Crippen LogP contribution is -2.28. The predicted octanol–water partition coefficient (Wildman–Crippen LogP) is 4.62. The monoisotopic (exact) mass is 505 g/mol. The van der Waals surface area contributed by atoms with Gasteiger partial charge in [0.1, 0.15) is 17.4 Å². The Morgan fingerprint density at radius 3 is 2.66 bits per heavy atom. The quantitative estimate of drug-likeness (QED) is 0.372. The van der Waals surface area contributed by atoms with E-state index in [9.17, 15) is 18.0 Å². The Labute approximate surface area is 200 Å². The van der Waals surface area contributed by atoms with Gasteiger partial charge in [0.2, 0.25) is 11.8 Å². The van der Waals surface area contributed by atoms with E-state index in [0.717, 1.165) is 16.7 Å². The Hall–Kier alpha value is -3.91. The number of ether oxygens (including phenoxy) is 1. The van der Waals surface area contributed by atoms with Crippen LogP contribution in [0.25, 0.3) is 33.2 Å². The topological polar surface area (TPSA) is 128 Å². The Bertz CT molecular complexity index is 1340. The SMILES string of the molecule is CCNC(=O)Nc1cc(-c2nc(C(F)(F)F)cs2)c(-c2cncc(-c3nnc(COC)o3)c2)cn1. The molecule has 0 unspecified atom stereocenters. The third-order valence-electron chi connectivity index (χ3n) is 4.54. The summed E-state index contributed by atoms with van der Waals surface area (Å²) in [6, 6.07) is 2.65. The smallest absolute Gasteiger partial charge is 0.418 e. The molecule has 0 aromatic carbocycles. The first-order valence-electron chi connectivity index (χ1n) is 10.1. The Morgan fingerprint density at radius 1 is 1.14 bits per heavy atom. The molecule has 14 heteroatoms. The normalized spacial score (nSPS) is 11.5. The zero-order valence-electron chi connectivity index (χ0n) is 18.4. The van der Waals surface area contributed by atoms with Crippen LogP contribution < -0.4 is 10.6 Å². The third kappa shape index (κ3) is 5.60. The average Bonchev–Trinajstić information content (AvgIpc) is 3.50. The predicted molar refractivity (Wildman–Crippen MR) is 120 cm³/mol. The number of thiazole rings is 1. The number of pyridine rings is 2. The molecule has 0 saturated carbocycles. The highest BCUT2D eigenvalue weighted by Crippen LogP contribution is 2.38. The van der Waals surface area contributed by atoms with Crippen LogP contribution >= 0.6 is 11.3 Å². The summed E-state index contributed by atoms with van der Waals surface area (Å²) in [6.07, 6.45) is -0.137. The minimum Gasteiger partial charge on any atom is -0.418 e. The van der Waals surface area contributed by atoms with Crippen LogP contribution in [0.5, 0.6) is 0 Å². The molecule has 4 aromatic heterocycles. The highest BCUT2D eigenvalue weighted by Gasteiger charge is 2.34. The Kier molecular flexibility index (Phi) is 7.02. The maximum atomic E-state index is 13.2. The van der Waals surface area contributed by atoms with E-state index < -0.39 is 17.9 Å². The molecule has 10 nitrogen and oxygen atoms in total. The number of rotatable bonds is 7. The van der Waals surface area contributed by atoms with Gasteiger partial charge in [0, 0.05) is 54.3 Å². The van der Waals surface area contributed by atoms with Crippen molar-refractivity contribution in [2.24, 2.45) is 0 Å². The van der Waals surface area contributed by atoms with Crippen LogP contribution in [0.1, 0.15) is 18.5 Å². The molecule has 0 spiro atoms. The van der Waals surface area contributed by atoms with Crippen molar-refractivity contribution in [3.63, 3.8) is 0 Å². The first-order chi connectivity index (χ1) is 16.8. The first kappa shape index (κ1) is 24.2. The molecule has 4 aromatic rings. The van der Waals surface area contributed by atoms with Crippen LogP contribution in [-0.4, -0.2) is 44.8 Å². The molecular weight excluding hydrogens is 487 g/mol. The van der Waals surface area contributed by atoms with E-state index in [1.54, 1.807) is 13.0 Å². The summed E-state index contributed by atoms with van der Waals surface area (Å²) in [7, 11) is 1.49. The van der Waals surface area contributed by atoms with Crippen molar-refractivity contribution in [2.45, 2.75) is 19.7 Å². The molecule has 0 saturated heterocycles. The van der Waals surface area contributed by atoms with Gasteiger partial charge in [-0.25, -0.2) is 14.8 Å². The van der Waals surface area contributed by atoms with Gasteiger partial charge in [-0.1, -0.05) is 0 Å². The largest absolute Gasteiger partial charge is 0.434 e. The number of anilines is 1. The third-order valence-corrected chi connectivity index (χ3v) is 5.41. The molecule has 0 radical (unpaired) electrons. The van der Waals surface area contributed by atoms with Crippen LogP contribution in [0, 0.1) is 0 Å². The van der Waals surface area contributed by atoms with Crippen LogP contribution in [0.3, 0.4) is 0 Å². The number of methoxy groups -OCH3 is 1. The number of nitrogens with one attached hydrogen (secondary N) is 2. The number of amides is 2. The lowest BCUT2D eigenvalue weighted by Gasteiger charge is -2.11. The fourth-order valence-corrected chi connectivity index (χ4v) is 3.89. The van der Waals surface area contributed by atoms with Gasteiger partial charge in [0.05, 0.1) is 5.56 Å². The van der Waals surface area contributed by atoms with E-state index in [1.807, 2.05) is 0 Å². The van der Waals surface area contributed by atoms with Crippen molar-refractivity contribution in [3.05, 3.63) is 47.7 Å². The number of hydrogen-bond donors (Lipinski definition) is 2. The Balaban J connectivity index is 1.77. The maximum Gasteiger partial charge on any atom is 0.434 e. The number of hydrogen-bond acceptors (Lipinski definition) is 9. The van der Waals surface area contributed by atoms with E-state index in [0.29, 0.717) is 28.8 Å². The summed E-state index contributed by atoms with van der Waals surface area (Å²) in [5.41, 5.74) is 0.770. The van der Waals surface area contributed by atoms with Crippen LogP contribution in [0.15, 0.2) is 40.5 Å². The van der Waals surface area contributed by atoms with Crippen LogP contribution in [0.2, 0.25) is 0 Å². The second kappa shape index (κ2) is 10.1. The molecule has 4 rings (SSSR count). The maximum absolute atomic E-state index is 13.2. The molecule has 2 amide bonds. The van der Waals surface area contributed by atoms with Gasteiger partial charge >= 0.3 is 12.2 Å². The van der Waals surface area contributed by atoms with E-state index in [4.69, 9.17) is 9.15 Å². The summed E-state index contributed by atoms with van der Waals surface area (Å²) >= 11 is 0.823. The van der Waals surface area contributed by atoms with Crippen molar-refractivity contribution in [1.82, 2.24) is 30.5 Å². The second-order valence-electron chi connectivity index (χ2n) is 7.03. The summed E-state index contributed by atoms with van der Waals surface area (Å²) in [5.74, 6) is 0.617.